The van der Waals surface area contributed by atoms with Crippen LogP contribution in [0.2, 0.25) is 0 Å². The zero-order valence-electron chi connectivity index (χ0n) is 5.61. The second-order valence-corrected chi connectivity index (χ2v) is 3.78. The van der Waals surface area contributed by atoms with E-state index in [1.807, 2.05) is 0 Å². The molecular formula is C8H14. The van der Waals surface area contributed by atoms with Gasteiger partial charge < -0.3 is 0 Å². The van der Waals surface area contributed by atoms with E-state index < -0.39 is 0 Å². The number of hydrogen-bond acceptors (Lipinski definition) is 0. The lowest BCUT2D eigenvalue weighted by Crippen LogP contribution is -2.31. The average Bonchev–Trinajstić information content (AvgIpc) is 1.94. The summed E-state index contributed by atoms with van der Waals surface area (Å²) in [5.41, 5.74) is 0.833. The Hall–Kier alpha value is 0. The van der Waals surface area contributed by atoms with Crippen LogP contribution in [0.25, 0.3) is 0 Å². The third-order valence-electron chi connectivity index (χ3n) is 3.35. The first-order valence-corrected chi connectivity index (χ1v) is 3.81. The Morgan fingerprint density at radius 1 is 1.25 bits per heavy atom. The van der Waals surface area contributed by atoms with Crippen molar-refractivity contribution < 1.29 is 0 Å². The fraction of sp³-hybridized carbons (Fsp3) is 1.00. The van der Waals surface area contributed by atoms with Crippen molar-refractivity contribution in [3.05, 3.63) is 0 Å². The van der Waals surface area contributed by atoms with Gasteiger partial charge in [0.25, 0.3) is 0 Å². The highest BCUT2D eigenvalue weighted by Gasteiger charge is 2.45. The number of fused-ring (bicyclic) bond motifs is 1. The molecule has 2 atom stereocenters. The van der Waals surface area contributed by atoms with Crippen LogP contribution < -0.4 is 0 Å². The van der Waals surface area contributed by atoms with Gasteiger partial charge in [-0.3, -0.25) is 0 Å². The molecule has 0 nitrogen and oxygen atoms in total. The predicted molar refractivity (Wildman–Crippen MR) is 34.7 cm³/mol. The standard InChI is InChI=1S/C8H14/c1-8-5-2-3-7(8)4-6-8/h7H,2-6H2,1H3/t7-,8-/m1/s1. The maximum Gasteiger partial charge on any atom is -0.0297 e. The first-order chi connectivity index (χ1) is 3.81. The summed E-state index contributed by atoms with van der Waals surface area (Å²) < 4.78 is 0. The van der Waals surface area contributed by atoms with E-state index in [-0.39, 0.29) is 0 Å². The summed E-state index contributed by atoms with van der Waals surface area (Å²) in [5, 5.41) is 0. The van der Waals surface area contributed by atoms with E-state index in [1.54, 1.807) is 0 Å². The Morgan fingerprint density at radius 2 is 2.12 bits per heavy atom. The van der Waals surface area contributed by atoms with Crippen molar-refractivity contribution >= 4 is 0 Å². The maximum absolute atomic E-state index is 2.47. The SMILES string of the molecule is C[C@]12CCC[C@@H]1CC2. The third kappa shape index (κ3) is 0.416. The zero-order chi connectivity index (χ0) is 5.61. The Morgan fingerprint density at radius 3 is 2.38 bits per heavy atom. The lowest BCUT2D eigenvalue weighted by molar-refractivity contribution is 0.0882. The van der Waals surface area contributed by atoms with Crippen molar-refractivity contribution in [1.82, 2.24) is 0 Å². The second kappa shape index (κ2) is 1.29. The molecule has 0 aromatic heterocycles. The summed E-state index contributed by atoms with van der Waals surface area (Å²) in [6.45, 7) is 2.47. The molecule has 0 heteroatoms. The van der Waals surface area contributed by atoms with E-state index in [4.69, 9.17) is 0 Å². The van der Waals surface area contributed by atoms with E-state index >= 15 is 0 Å². The van der Waals surface area contributed by atoms with Gasteiger partial charge in [-0.1, -0.05) is 13.3 Å². The summed E-state index contributed by atoms with van der Waals surface area (Å²) in [5.74, 6) is 1.14. The molecule has 2 aliphatic carbocycles. The number of hydrogen-bond donors (Lipinski definition) is 0. The first kappa shape index (κ1) is 4.84. The summed E-state index contributed by atoms with van der Waals surface area (Å²) in [6.07, 6.45) is 7.64. The van der Waals surface area contributed by atoms with Crippen molar-refractivity contribution in [1.29, 1.82) is 0 Å². The van der Waals surface area contributed by atoms with Crippen LogP contribution in [-0.4, -0.2) is 0 Å². The molecule has 8 heavy (non-hydrogen) atoms. The van der Waals surface area contributed by atoms with Crippen LogP contribution in [0.5, 0.6) is 0 Å². The van der Waals surface area contributed by atoms with E-state index in [1.165, 1.54) is 32.1 Å². The highest BCUT2D eigenvalue weighted by Crippen LogP contribution is 2.56. The zero-order valence-corrected chi connectivity index (χ0v) is 5.61. The van der Waals surface area contributed by atoms with Gasteiger partial charge >= 0.3 is 0 Å². The summed E-state index contributed by atoms with van der Waals surface area (Å²) in [4.78, 5) is 0. The van der Waals surface area contributed by atoms with Gasteiger partial charge in [-0.15, -0.1) is 0 Å². The molecule has 0 heterocycles. The minimum Gasteiger partial charge on any atom is -0.0594 e. The highest BCUT2D eigenvalue weighted by atomic mass is 14.5. The molecule has 0 saturated heterocycles. The molecule has 0 radical (unpaired) electrons. The van der Waals surface area contributed by atoms with E-state index in [2.05, 4.69) is 6.92 Å². The minimum absolute atomic E-state index is 0.833. The minimum atomic E-state index is 0.833. The lowest BCUT2D eigenvalue weighted by atomic mass is 9.64. The molecule has 0 aromatic rings. The van der Waals surface area contributed by atoms with E-state index in [0.717, 1.165) is 11.3 Å². The van der Waals surface area contributed by atoms with Crippen LogP contribution in [0.3, 0.4) is 0 Å². The molecule has 0 unspecified atom stereocenters. The lowest BCUT2D eigenvalue weighted by Gasteiger charge is -2.42. The van der Waals surface area contributed by atoms with E-state index in [9.17, 15) is 0 Å². The average molecular weight is 110 g/mol. The molecule has 2 fully saturated rings. The molecule has 0 aliphatic heterocycles. The van der Waals surface area contributed by atoms with Crippen molar-refractivity contribution in [2.24, 2.45) is 11.3 Å². The van der Waals surface area contributed by atoms with E-state index in [0.29, 0.717) is 0 Å². The number of rotatable bonds is 0. The normalized spacial score (nSPS) is 52.9. The monoisotopic (exact) mass is 110 g/mol. The fourth-order valence-electron chi connectivity index (χ4n) is 2.42. The van der Waals surface area contributed by atoms with Crippen LogP contribution in [-0.2, 0) is 0 Å². The van der Waals surface area contributed by atoms with Crippen molar-refractivity contribution in [2.45, 2.75) is 39.0 Å². The molecule has 0 aromatic carbocycles. The van der Waals surface area contributed by atoms with Crippen molar-refractivity contribution in [3.8, 4) is 0 Å². The van der Waals surface area contributed by atoms with Crippen LogP contribution in [0, 0.1) is 11.3 Å². The predicted octanol–water partition coefficient (Wildman–Crippen LogP) is 2.59. The topological polar surface area (TPSA) is 0 Å². The Balaban J connectivity index is 2.14. The Kier molecular flexibility index (Phi) is 0.778. The van der Waals surface area contributed by atoms with Crippen LogP contribution in [0.15, 0.2) is 0 Å². The second-order valence-electron chi connectivity index (χ2n) is 3.78. The molecule has 2 saturated carbocycles. The van der Waals surface area contributed by atoms with Gasteiger partial charge in [-0.05, 0) is 37.0 Å². The Labute approximate surface area is 51.3 Å². The highest BCUT2D eigenvalue weighted by molar-refractivity contribution is 4.96. The van der Waals surface area contributed by atoms with Crippen LogP contribution in [0.1, 0.15) is 39.0 Å². The van der Waals surface area contributed by atoms with Gasteiger partial charge in [-0.25, -0.2) is 0 Å². The van der Waals surface area contributed by atoms with Crippen molar-refractivity contribution in [3.63, 3.8) is 0 Å². The van der Waals surface area contributed by atoms with Crippen molar-refractivity contribution in [2.75, 3.05) is 0 Å². The van der Waals surface area contributed by atoms with Crippen LogP contribution >= 0.6 is 0 Å². The molecule has 2 aliphatic rings. The fourth-order valence-corrected chi connectivity index (χ4v) is 2.42. The summed E-state index contributed by atoms with van der Waals surface area (Å²) >= 11 is 0. The van der Waals surface area contributed by atoms with Gasteiger partial charge in [0.1, 0.15) is 0 Å². The summed E-state index contributed by atoms with van der Waals surface area (Å²) in [6, 6.07) is 0. The smallest absolute Gasteiger partial charge is 0.0297 e. The van der Waals surface area contributed by atoms with Gasteiger partial charge in [0.2, 0.25) is 0 Å². The maximum atomic E-state index is 2.47. The van der Waals surface area contributed by atoms with Gasteiger partial charge in [0.15, 0.2) is 0 Å². The quantitative estimate of drug-likeness (QED) is 0.449. The molecule has 46 valence electrons. The third-order valence-corrected chi connectivity index (χ3v) is 3.35. The molecular weight excluding hydrogens is 96.1 g/mol. The molecule has 0 amide bonds. The molecule has 0 spiro atoms. The first-order valence-electron chi connectivity index (χ1n) is 3.81. The largest absolute Gasteiger partial charge is 0.0594 e. The van der Waals surface area contributed by atoms with Gasteiger partial charge in [0, 0.05) is 0 Å². The van der Waals surface area contributed by atoms with Gasteiger partial charge in [0.05, 0.1) is 0 Å². The molecule has 2 rings (SSSR count). The van der Waals surface area contributed by atoms with Crippen LogP contribution in [0.4, 0.5) is 0 Å². The molecule has 0 bridgehead atoms. The molecule has 0 N–H and O–H groups in total. The Bertz CT molecular complexity index is 107. The van der Waals surface area contributed by atoms with Gasteiger partial charge in [-0.2, -0.15) is 0 Å². The summed E-state index contributed by atoms with van der Waals surface area (Å²) in [7, 11) is 0.